The summed E-state index contributed by atoms with van der Waals surface area (Å²) in [4.78, 5) is 29.5. The van der Waals surface area contributed by atoms with E-state index in [2.05, 4.69) is 21.9 Å². The fraction of sp³-hybridized carbons (Fsp3) is 0.194. The van der Waals surface area contributed by atoms with Crippen LogP contribution in [0.3, 0.4) is 0 Å². The van der Waals surface area contributed by atoms with Gasteiger partial charge < -0.3 is 19.9 Å². The number of hydrogen-bond donors (Lipinski definition) is 2. The summed E-state index contributed by atoms with van der Waals surface area (Å²) in [5.41, 5.74) is 5.23. The monoisotopic (exact) mass is 537 g/mol. The average Bonchev–Trinajstić information content (AvgIpc) is 3.27. The predicted molar refractivity (Wildman–Crippen MR) is 156 cm³/mol. The number of aromatic amines is 1. The standard InChI is InChI=1S/C31H28ClN5O2/c1-36-13-15-37(16-14-36)28(38)17-20-4-9-24(10-5-20)34-30(22-7-6-21-3-2-12-33-26(21)18-22)29-25-11-8-23(32)19-27(25)35-31(29)39/h2-12,18-19,35,39H,13-17H2,1H3. The smallest absolute Gasteiger partial charge is 0.227 e. The van der Waals surface area contributed by atoms with Crippen LogP contribution in [0.1, 0.15) is 16.7 Å². The molecule has 196 valence electrons. The molecule has 1 aliphatic heterocycles. The molecule has 3 aromatic carbocycles. The number of hydrogen-bond acceptors (Lipinski definition) is 5. The molecule has 7 nitrogen and oxygen atoms in total. The Hall–Kier alpha value is -4.20. The summed E-state index contributed by atoms with van der Waals surface area (Å²) >= 11 is 6.21. The lowest BCUT2D eigenvalue weighted by Gasteiger charge is -2.32. The summed E-state index contributed by atoms with van der Waals surface area (Å²) in [5, 5.41) is 13.4. The number of aliphatic imine (C=N–C) groups is 1. The van der Waals surface area contributed by atoms with Crippen molar-refractivity contribution in [2.24, 2.45) is 4.99 Å². The van der Waals surface area contributed by atoms with Gasteiger partial charge in [-0.05, 0) is 49.0 Å². The van der Waals surface area contributed by atoms with E-state index in [1.54, 1.807) is 18.3 Å². The number of piperazine rings is 1. The predicted octanol–water partition coefficient (Wildman–Crippen LogP) is 5.56. The number of aromatic hydroxyl groups is 1. The Kier molecular flexibility index (Phi) is 6.77. The second-order valence-electron chi connectivity index (χ2n) is 9.94. The fourth-order valence-electron chi connectivity index (χ4n) is 5.03. The molecule has 1 amide bonds. The van der Waals surface area contributed by atoms with Crippen LogP contribution in [-0.2, 0) is 11.2 Å². The second kappa shape index (κ2) is 10.5. The Morgan fingerprint density at radius 2 is 1.82 bits per heavy atom. The van der Waals surface area contributed by atoms with Crippen molar-refractivity contribution in [3.05, 3.63) is 101 Å². The minimum atomic E-state index is 0.0153. The van der Waals surface area contributed by atoms with Crippen molar-refractivity contribution in [2.45, 2.75) is 6.42 Å². The van der Waals surface area contributed by atoms with Crippen molar-refractivity contribution in [3.8, 4) is 5.88 Å². The third-order valence-electron chi connectivity index (χ3n) is 7.25. The van der Waals surface area contributed by atoms with Gasteiger partial charge in [0.25, 0.3) is 0 Å². The van der Waals surface area contributed by atoms with Gasteiger partial charge in [-0.25, -0.2) is 4.99 Å². The first kappa shape index (κ1) is 25.1. The second-order valence-corrected chi connectivity index (χ2v) is 10.4. The van der Waals surface area contributed by atoms with Crippen LogP contribution < -0.4 is 0 Å². The minimum absolute atomic E-state index is 0.0153. The van der Waals surface area contributed by atoms with E-state index in [1.807, 2.05) is 65.6 Å². The Bertz CT molecular complexity index is 1700. The average molecular weight is 538 g/mol. The number of aromatic nitrogens is 2. The molecule has 1 saturated heterocycles. The molecule has 0 unspecified atom stereocenters. The van der Waals surface area contributed by atoms with E-state index in [-0.39, 0.29) is 11.8 Å². The quantitative estimate of drug-likeness (QED) is 0.287. The number of benzene rings is 3. The van der Waals surface area contributed by atoms with Gasteiger partial charge in [0, 0.05) is 53.7 Å². The highest BCUT2D eigenvalue weighted by molar-refractivity contribution is 6.31. The van der Waals surface area contributed by atoms with E-state index in [1.165, 1.54) is 0 Å². The number of carbonyl (C=O) groups excluding carboxylic acids is 1. The Morgan fingerprint density at radius 1 is 1.03 bits per heavy atom. The zero-order valence-corrected chi connectivity index (χ0v) is 22.3. The van der Waals surface area contributed by atoms with E-state index in [0.29, 0.717) is 28.4 Å². The van der Waals surface area contributed by atoms with Crippen molar-refractivity contribution >= 4 is 50.7 Å². The summed E-state index contributed by atoms with van der Waals surface area (Å²) in [6, 6.07) is 23.1. The molecule has 0 aliphatic carbocycles. The van der Waals surface area contributed by atoms with E-state index in [0.717, 1.165) is 59.1 Å². The largest absolute Gasteiger partial charge is 0.494 e. The van der Waals surface area contributed by atoms with Crippen LogP contribution in [-0.4, -0.2) is 69.7 Å². The minimum Gasteiger partial charge on any atom is -0.494 e. The highest BCUT2D eigenvalue weighted by Gasteiger charge is 2.21. The molecule has 5 aromatic rings. The number of nitrogens with zero attached hydrogens (tertiary/aromatic N) is 4. The fourth-order valence-corrected chi connectivity index (χ4v) is 5.21. The first-order chi connectivity index (χ1) is 18.9. The Balaban J connectivity index is 1.37. The van der Waals surface area contributed by atoms with Crippen molar-refractivity contribution in [2.75, 3.05) is 33.2 Å². The molecule has 3 heterocycles. The molecule has 2 aromatic heterocycles. The van der Waals surface area contributed by atoms with Crippen LogP contribution in [0.4, 0.5) is 5.69 Å². The number of amides is 1. The third-order valence-corrected chi connectivity index (χ3v) is 7.48. The van der Waals surface area contributed by atoms with Gasteiger partial charge in [0.15, 0.2) is 5.88 Å². The first-order valence-corrected chi connectivity index (χ1v) is 13.3. The maximum absolute atomic E-state index is 12.8. The van der Waals surface area contributed by atoms with Gasteiger partial charge in [0.05, 0.1) is 34.4 Å². The van der Waals surface area contributed by atoms with Crippen molar-refractivity contribution in [1.29, 1.82) is 0 Å². The van der Waals surface area contributed by atoms with E-state index in [4.69, 9.17) is 16.6 Å². The summed E-state index contributed by atoms with van der Waals surface area (Å²) in [7, 11) is 2.08. The number of likely N-dealkylation sites (N-methyl/N-ethyl adjacent to an activating group) is 1. The van der Waals surface area contributed by atoms with Crippen LogP contribution >= 0.6 is 11.6 Å². The number of carbonyl (C=O) groups is 1. The van der Waals surface area contributed by atoms with Gasteiger partial charge in [-0.1, -0.05) is 48.0 Å². The summed E-state index contributed by atoms with van der Waals surface area (Å²) in [5.74, 6) is 0.160. The number of rotatable bonds is 5. The maximum atomic E-state index is 12.8. The van der Waals surface area contributed by atoms with Crippen LogP contribution in [0.15, 0.2) is 84.0 Å². The molecule has 0 bridgehead atoms. The SMILES string of the molecule is CN1CCN(C(=O)Cc2ccc(N=C(c3ccc4cccnc4c3)c3c(O)[nH]c4cc(Cl)ccc34)cc2)CC1. The summed E-state index contributed by atoms with van der Waals surface area (Å²) in [6.45, 7) is 3.33. The molecule has 2 N–H and O–H groups in total. The molecule has 8 heteroatoms. The normalized spacial score (nSPS) is 14.8. The molecule has 1 fully saturated rings. The van der Waals surface area contributed by atoms with E-state index < -0.39 is 0 Å². The summed E-state index contributed by atoms with van der Waals surface area (Å²) in [6.07, 6.45) is 2.12. The first-order valence-electron chi connectivity index (χ1n) is 12.9. The van der Waals surface area contributed by atoms with Gasteiger partial charge in [-0.15, -0.1) is 0 Å². The van der Waals surface area contributed by atoms with Gasteiger partial charge in [0.2, 0.25) is 5.91 Å². The molecule has 6 rings (SSSR count). The highest BCUT2D eigenvalue weighted by Crippen LogP contribution is 2.33. The van der Waals surface area contributed by atoms with Crippen LogP contribution in [0, 0.1) is 0 Å². The zero-order valence-electron chi connectivity index (χ0n) is 21.6. The lowest BCUT2D eigenvalue weighted by molar-refractivity contribution is -0.132. The van der Waals surface area contributed by atoms with Gasteiger partial charge in [0.1, 0.15) is 0 Å². The molecule has 0 spiro atoms. The molecular formula is C31H28ClN5O2. The molecule has 0 radical (unpaired) electrons. The molecule has 1 aliphatic rings. The van der Waals surface area contributed by atoms with Crippen LogP contribution in [0.25, 0.3) is 21.8 Å². The highest BCUT2D eigenvalue weighted by atomic mass is 35.5. The lowest BCUT2D eigenvalue weighted by Crippen LogP contribution is -2.47. The maximum Gasteiger partial charge on any atom is 0.227 e. The van der Waals surface area contributed by atoms with Crippen LogP contribution in [0.5, 0.6) is 5.88 Å². The molecule has 0 atom stereocenters. The van der Waals surface area contributed by atoms with E-state index in [9.17, 15) is 9.90 Å². The number of fused-ring (bicyclic) bond motifs is 2. The topological polar surface area (TPSA) is 84.8 Å². The Labute approximate surface area is 231 Å². The van der Waals surface area contributed by atoms with Crippen molar-refractivity contribution < 1.29 is 9.90 Å². The molecule has 0 saturated carbocycles. The van der Waals surface area contributed by atoms with Crippen molar-refractivity contribution in [3.63, 3.8) is 0 Å². The number of pyridine rings is 1. The van der Waals surface area contributed by atoms with E-state index >= 15 is 0 Å². The molecule has 39 heavy (non-hydrogen) atoms. The number of nitrogens with one attached hydrogen (secondary N) is 1. The Morgan fingerprint density at radius 3 is 2.62 bits per heavy atom. The van der Waals surface area contributed by atoms with Gasteiger partial charge in [-0.3, -0.25) is 9.78 Å². The number of H-pyrrole nitrogens is 1. The summed E-state index contributed by atoms with van der Waals surface area (Å²) < 4.78 is 0. The third kappa shape index (κ3) is 5.24. The van der Waals surface area contributed by atoms with Crippen molar-refractivity contribution in [1.82, 2.24) is 19.8 Å². The van der Waals surface area contributed by atoms with Gasteiger partial charge >= 0.3 is 0 Å². The van der Waals surface area contributed by atoms with Gasteiger partial charge in [-0.2, -0.15) is 0 Å². The molecular weight excluding hydrogens is 510 g/mol. The zero-order chi connectivity index (χ0) is 26.9. The van der Waals surface area contributed by atoms with Crippen LogP contribution in [0.2, 0.25) is 5.02 Å². The number of halogens is 1. The lowest BCUT2D eigenvalue weighted by atomic mass is 9.99.